The zero-order valence-electron chi connectivity index (χ0n) is 7.89. The maximum absolute atomic E-state index is 8.69. The summed E-state index contributed by atoms with van der Waals surface area (Å²) in [6.07, 6.45) is 1.58. The molecule has 0 unspecified atom stereocenters. The monoisotopic (exact) mass is 217 g/mol. The van der Waals surface area contributed by atoms with Gasteiger partial charge in [-0.05, 0) is 5.56 Å². The van der Waals surface area contributed by atoms with Crippen LogP contribution in [0.15, 0.2) is 36.7 Å². The van der Waals surface area contributed by atoms with Crippen molar-refractivity contribution < 1.29 is 0 Å². The first-order chi connectivity index (χ1) is 7.31. The van der Waals surface area contributed by atoms with Gasteiger partial charge in [-0.25, -0.2) is 4.98 Å². The Morgan fingerprint density at radius 3 is 2.67 bits per heavy atom. The third-order valence-electron chi connectivity index (χ3n) is 2.08. The minimum atomic E-state index is 0.271. The molecular weight excluding hydrogens is 210 g/mol. The molecule has 2 rings (SSSR count). The molecule has 74 valence electrons. The SMILES string of the molecule is N#Cc1ncn(Cc2ccccc2)c1Cl. The molecule has 0 radical (unpaired) electrons. The van der Waals surface area contributed by atoms with Gasteiger partial charge in [0, 0.05) is 6.54 Å². The second-order valence-corrected chi connectivity index (χ2v) is 3.47. The standard InChI is InChI=1S/C11H8ClN3/c12-11-10(6-13)14-8-15(11)7-9-4-2-1-3-5-9/h1-5,8H,7H2. The third-order valence-corrected chi connectivity index (χ3v) is 2.47. The molecular formula is C11H8ClN3. The highest BCUT2D eigenvalue weighted by atomic mass is 35.5. The summed E-state index contributed by atoms with van der Waals surface area (Å²) in [7, 11) is 0. The van der Waals surface area contributed by atoms with Crippen molar-refractivity contribution in [1.82, 2.24) is 9.55 Å². The summed E-state index contributed by atoms with van der Waals surface area (Å²) in [5.41, 5.74) is 1.40. The van der Waals surface area contributed by atoms with Crippen molar-refractivity contribution in [2.45, 2.75) is 6.54 Å². The van der Waals surface area contributed by atoms with Crippen LogP contribution in [0.1, 0.15) is 11.3 Å². The van der Waals surface area contributed by atoms with Gasteiger partial charge in [-0.1, -0.05) is 41.9 Å². The Morgan fingerprint density at radius 1 is 1.33 bits per heavy atom. The molecule has 0 N–H and O–H groups in total. The second kappa shape index (κ2) is 4.16. The highest BCUT2D eigenvalue weighted by molar-refractivity contribution is 6.30. The topological polar surface area (TPSA) is 41.6 Å². The van der Waals surface area contributed by atoms with Crippen molar-refractivity contribution in [3.05, 3.63) is 53.1 Å². The first kappa shape index (κ1) is 9.75. The van der Waals surface area contributed by atoms with Gasteiger partial charge in [0.25, 0.3) is 0 Å². The summed E-state index contributed by atoms with van der Waals surface area (Å²) < 4.78 is 1.75. The third kappa shape index (κ3) is 2.00. The Balaban J connectivity index is 2.26. The average molecular weight is 218 g/mol. The summed E-state index contributed by atoms with van der Waals surface area (Å²) in [6.45, 7) is 0.633. The zero-order chi connectivity index (χ0) is 10.7. The molecule has 1 heterocycles. The molecule has 15 heavy (non-hydrogen) atoms. The van der Waals surface area contributed by atoms with Crippen molar-refractivity contribution in [3.8, 4) is 6.07 Å². The average Bonchev–Trinajstić information content (AvgIpc) is 2.62. The second-order valence-electron chi connectivity index (χ2n) is 3.11. The number of rotatable bonds is 2. The number of imidazole rings is 1. The van der Waals surface area contributed by atoms with E-state index in [1.165, 1.54) is 0 Å². The van der Waals surface area contributed by atoms with Crippen LogP contribution in [0.2, 0.25) is 5.15 Å². The van der Waals surface area contributed by atoms with E-state index in [4.69, 9.17) is 16.9 Å². The van der Waals surface area contributed by atoms with Crippen LogP contribution in [0, 0.1) is 11.3 Å². The molecule has 1 aromatic carbocycles. The molecule has 2 aromatic rings. The highest BCUT2D eigenvalue weighted by Gasteiger charge is 2.07. The van der Waals surface area contributed by atoms with Crippen LogP contribution in [0.3, 0.4) is 0 Å². The van der Waals surface area contributed by atoms with Crippen molar-refractivity contribution in [2.75, 3.05) is 0 Å². The lowest BCUT2D eigenvalue weighted by Crippen LogP contribution is -1.97. The van der Waals surface area contributed by atoms with Gasteiger partial charge in [0.2, 0.25) is 0 Å². The van der Waals surface area contributed by atoms with Gasteiger partial charge in [0.1, 0.15) is 11.2 Å². The predicted molar refractivity (Wildman–Crippen MR) is 57.5 cm³/mol. The van der Waals surface area contributed by atoms with Crippen LogP contribution >= 0.6 is 11.6 Å². The number of benzene rings is 1. The number of halogens is 1. The lowest BCUT2D eigenvalue weighted by atomic mass is 10.2. The number of hydrogen-bond acceptors (Lipinski definition) is 2. The molecule has 0 amide bonds. The van der Waals surface area contributed by atoms with E-state index >= 15 is 0 Å². The lowest BCUT2D eigenvalue weighted by Gasteiger charge is -2.03. The molecule has 0 aliphatic rings. The maximum Gasteiger partial charge on any atom is 0.177 e. The minimum absolute atomic E-state index is 0.271. The molecule has 0 fully saturated rings. The number of aromatic nitrogens is 2. The van der Waals surface area contributed by atoms with Gasteiger partial charge in [-0.15, -0.1) is 0 Å². The summed E-state index contributed by atoms with van der Waals surface area (Å²) in [5, 5.41) is 9.08. The molecule has 0 saturated heterocycles. The predicted octanol–water partition coefficient (Wildman–Crippen LogP) is 2.46. The summed E-state index contributed by atoms with van der Waals surface area (Å²) in [5.74, 6) is 0. The van der Waals surface area contributed by atoms with Crippen LogP contribution in [0.4, 0.5) is 0 Å². The Kier molecular flexibility index (Phi) is 2.70. The van der Waals surface area contributed by atoms with Gasteiger partial charge in [-0.2, -0.15) is 5.26 Å². The van der Waals surface area contributed by atoms with E-state index in [1.807, 2.05) is 36.4 Å². The van der Waals surface area contributed by atoms with Crippen LogP contribution in [0.25, 0.3) is 0 Å². The van der Waals surface area contributed by atoms with Crippen LogP contribution in [-0.4, -0.2) is 9.55 Å². The van der Waals surface area contributed by atoms with E-state index in [1.54, 1.807) is 10.9 Å². The fourth-order valence-electron chi connectivity index (χ4n) is 1.33. The first-order valence-corrected chi connectivity index (χ1v) is 4.83. The molecule has 0 saturated carbocycles. The number of nitrogens with zero attached hydrogens (tertiary/aromatic N) is 3. The van der Waals surface area contributed by atoms with Crippen molar-refractivity contribution >= 4 is 11.6 Å². The smallest absolute Gasteiger partial charge is 0.177 e. The Morgan fingerprint density at radius 2 is 2.07 bits per heavy atom. The van der Waals surface area contributed by atoms with E-state index in [0.717, 1.165) is 5.56 Å². The molecule has 0 aliphatic carbocycles. The molecule has 4 heteroatoms. The van der Waals surface area contributed by atoms with E-state index < -0.39 is 0 Å². The fraction of sp³-hybridized carbons (Fsp3) is 0.0909. The molecule has 0 atom stereocenters. The maximum atomic E-state index is 8.69. The largest absolute Gasteiger partial charge is 0.316 e. The summed E-state index contributed by atoms with van der Waals surface area (Å²) in [6, 6.07) is 11.8. The van der Waals surface area contributed by atoms with Crippen LogP contribution < -0.4 is 0 Å². The molecule has 1 aromatic heterocycles. The van der Waals surface area contributed by atoms with Crippen molar-refractivity contribution in [2.24, 2.45) is 0 Å². The summed E-state index contributed by atoms with van der Waals surface area (Å²) in [4.78, 5) is 3.90. The molecule has 3 nitrogen and oxygen atoms in total. The summed E-state index contributed by atoms with van der Waals surface area (Å²) >= 11 is 5.95. The van der Waals surface area contributed by atoms with Gasteiger partial charge >= 0.3 is 0 Å². The lowest BCUT2D eigenvalue weighted by molar-refractivity contribution is 0.798. The van der Waals surface area contributed by atoms with E-state index in [-0.39, 0.29) is 5.69 Å². The van der Waals surface area contributed by atoms with Crippen molar-refractivity contribution in [3.63, 3.8) is 0 Å². The van der Waals surface area contributed by atoms with Gasteiger partial charge < -0.3 is 4.57 Å². The Hall–Kier alpha value is -1.79. The Bertz CT molecular complexity index is 496. The van der Waals surface area contributed by atoms with E-state index in [2.05, 4.69) is 4.98 Å². The van der Waals surface area contributed by atoms with Crippen LogP contribution in [0.5, 0.6) is 0 Å². The number of hydrogen-bond donors (Lipinski definition) is 0. The fourth-order valence-corrected chi connectivity index (χ4v) is 1.53. The number of nitriles is 1. The van der Waals surface area contributed by atoms with Gasteiger partial charge in [0.15, 0.2) is 5.69 Å². The molecule has 0 bridgehead atoms. The highest BCUT2D eigenvalue weighted by Crippen LogP contribution is 2.15. The van der Waals surface area contributed by atoms with Gasteiger partial charge in [0.05, 0.1) is 6.33 Å². The first-order valence-electron chi connectivity index (χ1n) is 4.46. The van der Waals surface area contributed by atoms with Crippen molar-refractivity contribution in [1.29, 1.82) is 5.26 Å². The molecule has 0 aliphatic heterocycles. The van der Waals surface area contributed by atoms with Gasteiger partial charge in [-0.3, -0.25) is 0 Å². The normalized spacial score (nSPS) is 9.87. The van der Waals surface area contributed by atoms with Crippen LogP contribution in [-0.2, 0) is 6.54 Å². The van der Waals surface area contributed by atoms with E-state index in [9.17, 15) is 0 Å². The molecule has 0 spiro atoms. The minimum Gasteiger partial charge on any atom is -0.316 e. The Labute approximate surface area is 92.6 Å². The quantitative estimate of drug-likeness (QED) is 0.776. The van der Waals surface area contributed by atoms with E-state index in [0.29, 0.717) is 11.7 Å². The zero-order valence-corrected chi connectivity index (χ0v) is 8.65.